The summed E-state index contributed by atoms with van der Waals surface area (Å²) in [5.41, 5.74) is 9.25. The lowest BCUT2D eigenvalue weighted by Crippen LogP contribution is -2.51. The van der Waals surface area contributed by atoms with E-state index in [1.54, 1.807) is 34.1 Å². The molecular weight excluding hydrogens is 516 g/mol. The SMILES string of the molecule is CS(=O)(=O)Nc1ccc2[nH]c(C(=O)N3CCN(C(=O)C[C@H](N)[C@H]4CCc5cc(F)c(F)cc54)CC3)cc2c1. The number of rotatable bonds is 6. The maximum absolute atomic E-state index is 13.8. The van der Waals surface area contributed by atoms with Crippen LogP contribution in [0.4, 0.5) is 14.5 Å². The zero-order valence-electron chi connectivity index (χ0n) is 20.8. The Morgan fingerprint density at radius 1 is 1.08 bits per heavy atom. The fourth-order valence-corrected chi connectivity index (χ4v) is 5.96. The summed E-state index contributed by atoms with van der Waals surface area (Å²) in [5, 5.41) is 0.695. The minimum Gasteiger partial charge on any atom is -0.351 e. The molecule has 4 N–H and O–H groups in total. The van der Waals surface area contributed by atoms with Crippen LogP contribution < -0.4 is 10.5 Å². The number of aromatic nitrogens is 1. The number of sulfonamides is 1. The lowest BCUT2D eigenvalue weighted by Gasteiger charge is -2.35. The van der Waals surface area contributed by atoms with E-state index in [1.807, 2.05) is 0 Å². The van der Waals surface area contributed by atoms with Gasteiger partial charge in [-0.15, -0.1) is 0 Å². The van der Waals surface area contributed by atoms with E-state index in [-0.39, 0.29) is 24.2 Å². The topological polar surface area (TPSA) is 129 Å². The van der Waals surface area contributed by atoms with Gasteiger partial charge >= 0.3 is 0 Å². The highest BCUT2D eigenvalue weighted by Crippen LogP contribution is 2.37. The van der Waals surface area contributed by atoms with Crippen molar-refractivity contribution in [1.82, 2.24) is 14.8 Å². The number of nitrogens with one attached hydrogen (secondary N) is 2. The molecule has 0 unspecified atom stereocenters. The number of anilines is 1. The van der Waals surface area contributed by atoms with Crippen LogP contribution in [0.25, 0.3) is 10.9 Å². The van der Waals surface area contributed by atoms with E-state index in [9.17, 15) is 26.8 Å². The van der Waals surface area contributed by atoms with E-state index >= 15 is 0 Å². The van der Waals surface area contributed by atoms with Crippen molar-refractivity contribution in [2.45, 2.75) is 31.2 Å². The van der Waals surface area contributed by atoms with Gasteiger partial charge in [-0.05, 0) is 60.4 Å². The highest BCUT2D eigenvalue weighted by molar-refractivity contribution is 7.92. The molecule has 1 fully saturated rings. The summed E-state index contributed by atoms with van der Waals surface area (Å²) in [6.45, 7) is 1.43. The molecule has 2 heterocycles. The summed E-state index contributed by atoms with van der Waals surface area (Å²) in [6.07, 6.45) is 2.40. The molecule has 2 aromatic carbocycles. The summed E-state index contributed by atoms with van der Waals surface area (Å²) in [7, 11) is -3.42. The lowest BCUT2D eigenvalue weighted by molar-refractivity contribution is -0.133. The average Bonchev–Trinajstić information content (AvgIpc) is 3.46. The first-order chi connectivity index (χ1) is 18.0. The highest BCUT2D eigenvalue weighted by Gasteiger charge is 2.32. The van der Waals surface area contributed by atoms with E-state index in [4.69, 9.17) is 5.73 Å². The monoisotopic (exact) mass is 545 g/mol. The van der Waals surface area contributed by atoms with Gasteiger partial charge in [0.05, 0.1) is 6.26 Å². The molecule has 0 bridgehead atoms. The Labute approximate surface area is 219 Å². The summed E-state index contributed by atoms with van der Waals surface area (Å²) >= 11 is 0. The van der Waals surface area contributed by atoms with Gasteiger partial charge in [-0.2, -0.15) is 0 Å². The minimum absolute atomic E-state index is 0.0862. The number of aryl methyl sites for hydroxylation is 1. The van der Waals surface area contributed by atoms with E-state index in [0.717, 1.165) is 11.8 Å². The number of carbonyl (C=O) groups is 2. The third-order valence-corrected chi connectivity index (χ3v) is 7.91. The van der Waals surface area contributed by atoms with Crippen molar-refractivity contribution in [3.8, 4) is 0 Å². The number of H-pyrrole nitrogens is 1. The lowest BCUT2D eigenvalue weighted by atomic mass is 9.91. The molecule has 1 aliphatic heterocycles. The number of nitrogens with zero attached hydrogens (tertiary/aromatic N) is 2. The molecule has 9 nitrogen and oxygen atoms in total. The van der Waals surface area contributed by atoms with E-state index in [0.29, 0.717) is 66.9 Å². The molecule has 0 spiro atoms. The summed E-state index contributed by atoms with van der Waals surface area (Å²) in [4.78, 5) is 32.4. The van der Waals surface area contributed by atoms with E-state index in [2.05, 4.69) is 9.71 Å². The Hall–Kier alpha value is -3.51. The second-order valence-electron chi connectivity index (χ2n) is 10.0. The van der Waals surface area contributed by atoms with Gasteiger partial charge in [-0.25, -0.2) is 17.2 Å². The molecule has 2 amide bonds. The zero-order chi connectivity index (χ0) is 27.2. The largest absolute Gasteiger partial charge is 0.351 e. The van der Waals surface area contributed by atoms with Crippen LogP contribution in [0.15, 0.2) is 36.4 Å². The Morgan fingerprint density at radius 3 is 2.47 bits per heavy atom. The number of aromatic amines is 1. The number of piperazine rings is 1. The van der Waals surface area contributed by atoms with Crippen LogP contribution in [0.3, 0.4) is 0 Å². The van der Waals surface area contributed by atoms with Crippen LogP contribution >= 0.6 is 0 Å². The van der Waals surface area contributed by atoms with Gasteiger partial charge < -0.3 is 20.5 Å². The smallest absolute Gasteiger partial charge is 0.270 e. The van der Waals surface area contributed by atoms with Gasteiger partial charge in [0.25, 0.3) is 5.91 Å². The molecule has 202 valence electrons. The zero-order valence-corrected chi connectivity index (χ0v) is 21.7. The molecule has 1 aliphatic carbocycles. The number of hydrogen-bond acceptors (Lipinski definition) is 5. The average molecular weight is 546 g/mol. The molecule has 3 aromatic rings. The number of nitrogens with two attached hydrogens (primary N) is 1. The molecule has 38 heavy (non-hydrogen) atoms. The minimum atomic E-state index is -3.42. The quantitative estimate of drug-likeness (QED) is 0.439. The van der Waals surface area contributed by atoms with E-state index in [1.165, 1.54) is 12.1 Å². The summed E-state index contributed by atoms with van der Waals surface area (Å²) in [5.74, 6) is -2.32. The molecule has 2 aliphatic rings. The Morgan fingerprint density at radius 2 is 1.76 bits per heavy atom. The molecular formula is C26H29F2N5O4S. The van der Waals surface area contributed by atoms with Gasteiger partial charge in [0.15, 0.2) is 11.6 Å². The predicted molar refractivity (Wildman–Crippen MR) is 139 cm³/mol. The first kappa shape index (κ1) is 26.1. The van der Waals surface area contributed by atoms with Crippen LogP contribution in [0.1, 0.15) is 40.4 Å². The number of amides is 2. The standard InChI is InChI=1S/C26H29F2N5O4S/c1-38(36,37)31-17-3-5-23-16(10-17)12-24(30-23)26(35)33-8-6-32(7-9-33)25(34)14-22(29)18-4-2-15-11-20(27)21(28)13-19(15)18/h3,5,10-13,18,22,30-31H,2,4,6-9,14,29H2,1H3/t18-,22-/m0/s1. The number of carbonyl (C=O) groups excluding carboxylic acids is 2. The molecule has 0 radical (unpaired) electrons. The van der Waals surface area contributed by atoms with Crippen molar-refractivity contribution in [2.24, 2.45) is 5.73 Å². The Kier molecular flexibility index (Phi) is 6.86. The van der Waals surface area contributed by atoms with Crippen LogP contribution in [0.2, 0.25) is 0 Å². The van der Waals surface area contributed by atoms with Crippen molar-refractivity contribution < 1.29 is 26.8 Å². The maximum atomic E-state index is 13.8. The number of fused-ring (bicyclic) bond motifs is 2. The van der Waals surface area contributed by atoms with Crippen molar-refractivity contribution in [3.63, 3.8) is 0 Å². The normalized spacial score (nSPS) is 18.5. The number of halogens is 2. The van der Waals surface area contributed by atoms with Crippen molar-refractivity contribution in [1.29, 1.82) is 0 Å². The number of benzene rings is 2. The van der Waals surface area contributed by atoms with Gasteiger partial charge in [0.1, 0.15) is 5.69 Å². The predicted octanol–water partition coefficient (Wildman–Crippen LogP) is 2.55. The summed E-state index contributed by atoms with van der Waals surface area (Å²) in [6, 6.07) is 8.54. The van der Waals surface area contributed by atoms with E-state index < -0.39 is 27.7 Å². The third-order valence-electron chi connectivity index (χ3n) is 7.31. The van der Waals surface area contributed by atoms with Crippen LogP contribution in [0.5, 0.6) is 0 Å². The molecule has 1 aromatic heterocycles. The van der Waals surface area contributed by atoms with Gasteiger partial charge in [0, 0.05) is 61.1 Å². The Balaban J connectivity index is 1.17. The van der Waals surface area contributed by atoms with Crippen LogP contribution in [-0.2, 0) is 21.2 Å². The Bertz CT molecular complexity index is 1520. The van der Waals surface area contributed by atoms with Gasteiger partial charge in [-0.1, -0.05) is 0 Å². The van der Waals surface area contributed by atoms with Gasteiger partial charge in [0.2, 0.25) is 15.9 Å². The summed E-state index contributed by atoms with van der Waals surface area (Å²) < 4.78 is 52.7. The second-order valence-corrected chi connectivity index (χ2v) is 11.8. The number of hydrogen-bond donors (Lipinski definition) is 3. The second kappa shape index (κ2) is 9.99. The van der Waals surface area contributed by atoms with Crippen LogP contribution in [0, 0.1) is 11.6 Å². The molecule has 12 heteroatoms. The third kappa shape index (κ3) is 5.37. The first-order valence-corrected chi connectivity index (χ1v) is 14.3. The molecule has 0 saturated carbocycles. The fraction of sp³-hybridized carbons (Fsp3) is 0.385. The van der Waals surface area contributed by atoms with Crippen LogP contribution in [-0.4, -0.2) is 73.5 Å². The fourth-order valence-electron chi connectivity index (χ4n) is 5.40. The van der Waals surface area contributed by atoms with Crippen molar-refractivity contribution in [3.05, 3.63) is 64.9 Å². The van der Waals surface area contributed by atoms with Crippen molar-refractivity contribution in [2.75, 3.05) is 37.2 Å². The first-order valence-electron chi connectivity index (χ1n) is 12.4. The molecule has 2 atom stereocenters. The highest BCUT2D eigenvalue weighted by atomic mass is 32.2. The molecule has 5 rings (SSSR count). The van der Waals surface area contributed by atoms with Crippen molar-refractivity contribution >= 4 is 38.4 Å². The molecule has 1 saturated heterocycles. The maximum Gasteiger partial charge on any atom is 0.270 e. The van der Waals surface area contributed by atoms with Gasteiger partial charge in [-0.3, -0.25) is 14.3 Å².